The molecule has 0 spiro atoms. The molecule has 1 N–H and O–H groups in total. The van der Waals surface area contributed by atoms with Gasteiger partial charge < -0.3 is 10.1 Å². The summed E-state index contributed by atoms with van der Waals surface area (Å²) in [4.78, 5) is 0. The van der Waals surface area contributed by atoms with Gasteiger partial charge in [-0.25, -0.2) is 0 Å². The van der Waals surface area contributed by atoms with Gasteiger partial charge in [-0.05, 0) is 40.4 Å². The van der Waals surface area contributed by atoms with Crippen LogP contribution >= 0.6 is 11.3 Å². The zero-order chi connectivity index (χ0) is 12.2. The number of hydrogen-bond donors (Lipinski definition) is 1. The van der Waals surface area contributed by atoms with E-state index in [0.29, 0.717) is 5.92 Å². The number of thiophene rings is 1. The third kappa shape index (κ3) is 2.57. The Balaban J connectivity index is 1.60. The van der Waals surface area contributed by atoms with E-state index in [9.17, 15) is 0 Å². The van der Waals surface area contributed by atoms with E-state index in [1.807, 2.05) is 6.07 Å². The lowest BCUT2D eigenvalue weighted by Gasteiger charge is -2.26. The average Bonchev–Trinajstić information content (AvgIpc) is 2.92. The molecule has 2 nitrogen and oxygen atoms in total. The highest BCUT2D eigenvalue weighted by Crippen LogP contribution is 2.32. The van der Waals surface area contributed by atoms with Crippen LogP contribution in [0.4, 0.5) is 0 Å². The van der Waals surface area contributed by atoms with Gasteiger partial charge in [-0.1, -0.05) is 18.2 Å². The molecule has 0 aliphatic carbocycles. The Morgan fingerprint density at radius 2 is 2.22 bits per heavy atom. The van der Waals surface area contributed by atoms with Crippen LogP contribution in [0.1, 0.15) is 23.5 Å². The summed E-state index contributed by atoms with van der Waals surface area (Å²) in [6, 6.07) is 10.6. The Morgan fingerprint density at radius 1 is 1.28 bits per heavy atom. The Morgan fingerprint density at radius 3 is 3.11 bits per heavy atom. The van der Waals surface area contributed by atoms with Gasteiger partial charge in [0.15, 0.2) is 0 Å². The quantitative estimate of drug-likeness (QED) is 0.908. The highest BCUT2D eigenvalue weighted by atomic mass is 32.1. The average molecular weight is 259 g/mol. The molecule has 2 heterocycles. The zero-order valence-corrected chi connectivity index (χ0v) is 11.1. The minimum absolute atomic E-state index is 0.577. The molecule has 0 saturated heterocycles. The molecule has 1 aromatic carbocycles. The lowest BCUT2D eigenvalue weighted by molar-refractivity contribution is 0.264. The van der Waals surface area contributed by atoms with Gasteiger partial charge in [-0.3, -0.25) is 0 Å². The summed E-state index contributed by atoms with van der Waals surface area (Å²) in [5.74, 6) is 1.64. The summed E-state index contributed by atoms with van der Waals surface area (Å²) in [7, 11) is 0. The molecule has 3 rings (SSSR count). The fourth-order valence-electron chi connectivity index (χ4n) is 2.41. The maximum absolute atomic E-state index is 5.68. The van der Waals surface area contributed by atoms with Crippen LogP contribution in [0, 0.1) is 0 Å². The first-order valence-corrected chi connectivity index (χ1v) is 7.31. The Labute approximate surface area is 112 Å². The normalized spacial score (nSPS) is 18.1. The van der Waals surface area contributed by atoms with Gasteiger partial charge in [0, 0.05) is 19.0 Å². The molecule has 1 aliphatic rings. The molecule has 0 radical (unpaired) electrons. The van der Waals surface area contributed by atoms with Crippen LogP contribution in [-0.4, -0.2) is 13.2 Å². The van der Waals surface area contributed by atoms with Crippen LogP contribution in [0.2, 0.25) is 0 Å². The van der Waals surface area contributed by atoms with Gasteiger partial charge in [0.25, 0.3) is 0 Å². The Kier molecular flexibility index (Phi) is 3.62. The fraction of sp³-hybridized carbons (Fsp3) is 0.333. The first-order chi connectivity index (χ1) is 8.93. The van der Waals surface area contributed by atoms with Gasteiger partial charge in [-0.2, -0.15) is 11.3 Å². The third-order valence-corrected chi connectivity index (χ3v) is 4.11. The van der Waals surface area contributed by atoms with Gasteiger partial charge >= 0.3 is 0 Å². The molecule has 0 saturated carbocycles. The Bertz CT molecular complexity index is 495. The number of benzene rings is 1. The van der Waals surface area contributed by atoms with E-state index in [-0.39, 0.29) is 0 Å². The molecular weight excluding hydrogens is 242 g/mol. The Hall–Kier alpha value is -1.32. The summed E-state index contributed by atoms with van der Waals surface area (Å²) >= 11 is 1.75. The van der Waals surface area contributed by atoms with Gasteiger partial charge in [0.1, 0.15) is 5.75 Å². The first kappa shape index (κ1) is 11.8. The van der Waals surface area contributed by atoms with E-state index >= 15 is 0 Å². The number of rotatable bonds is 4. The van der Waals surface area contributed by atoms with Crippen molar-refractivity contribution in [3.8, 4) is 5.75 Å². The van der Waals surface area contributed by atoms with Gasteiger partial charge in [-0.15, -0.1) is 0 Å². The summed E-state index contributed by atoms with van der Waals surface area (Å²) in [5, 5.41) is 7.87. The number of fused-ring (bicyclic) bond motifs is 1. The number of hydrogen-bond acceptors (Lipinski definition) is 3. The molecule has 1 atom stereocenters. The molecule has 18 heavy (non-hydrogen) atoms. The predicted octanol–water partition coefficient (Wildman–Crippen LogP) is 3.40. The van der Waals surface area contributed by atoms with Crippen molar-refractivity contribution < 1.29 is 4.74 Å². The van der Waals surface area contributed by atoms with Crippen molar-refractivity contribution in [1.82, 2.24) is 5.32 Å². The predicted molar refractivity (Wildman–Crippen MR) is 75.3 cm³/mol. The van der Waals surface area contributed by atoms with Crippen LogP contribution < -0.4 is 10.1 Å². The number of nitrogens with one attached hydrogen (secondary N) is 1. The summed E-state index contributed by atoms with van der Waals surface area (Å²) in [6.07, 6.45) is 1.10. The minimum atomic E-state index is 0.577. The molecule has 94 valence electrons. The summed E-state index contributed by atoms with van der Waals surface area (Å²) in [5.41, 5.74) is 2.72. The molecule has 1 aliphatic heterocycles. The van der Waals surface area contributed by atoms with E-state index in [4.69, 9.17) is 4.74 Å². The lowest BCUT2D eigenvalue weighted by atomic mass is 9.93. The van der Waals surface area contributed by atoms with Crippen molar-refractivity contribution >= 4 is 11.3 Å². The van der Waals surface area contributed by atoms with Crippen molar-refractivity contribution in [2.45, 2.75) is 18.9 Å². The van der Waals surface area contributed by atoms with Crippen LogP contribution in [-0.2, 0) is 6.54 Å². The lowest BCUT2D eigenvalue weighted by Crippen LogP contribution is -2.25. The van der Waals surface area contributed by atoms with E-state index in [2.05, 4.69) is 40.3 Å². The van der Waals surface area contributed by atoms with E-state index < -0.39 is 0 Å². The highest BCUT2D eigenvalue weighted by Gasteiger charge is 2.20. The van der Waals surface area contributed by atoms with Gasteiger partial charge in [0.05, 0.1) is 6.61 Å². The molecule has 0 bridgehead atoms. The number of ether oxygens (including phenoxy) is 1. The highest BCUT2D eigenvalue weighted by molar-refractivity contribution is 7.07. The van der Waals surface area contributed by atoms with E-state index in [1.54, 1.807) is 11.3 Å². The van der Waals surface area contributed by atoms with Gasteiger partial charge in [0.2, 0.25) is 0 Å². The molecule has 3 heteroatoms. The molecular formula is C15H17NOS. The summed E-state index contributed by atoms with van der Waals surface area (Å²) in [6.45, 7) is 2.82. The maximum atomic E-state index is 5.68. The molecule has 2 aromatic rings. The van der Waals surface area contributed by atoms with Crippen molar-refractivity contribution in [2.75, 3.05) is 13.2 Å². The van der Waals surface area contributed by atoms with Crippen molar-refractivity contribution in [3.05, 3.63) is 52.2 Å². The van der Waals surface area contributed by atoms with Crippen LogP contribution in [0.5, 0.6) is 5.75 Å². The SMILES string of the molecule is c1ccc2c(c1)OCCC2CNCc1ccsc1. The van der Waals surface area contributed by atoms with Crippen LogP contribution in [0.3, 0.4) is 0 Å². The first-order valence-electron chi connectivity index (χ1n) is 6.37. The van der Waals surface area contributed by atoms with Crippen LogP contribution in [0.15, 0.2) is 41.1 Å². The second-order valence-electron chi connectivity index (χ2n) is 4.63. The smallest absolute Gasteiger partial charge is 0.122 e. The van der Waals surface area contributed by atoms with Crippen molar-refractivity contribution in [2.24, 2.45) is 0 Å². The monoisotopic (exact) mass is 259 g/mol. The molecule has 0 fully saturated rings. The molecule has 1 unspecified atom stereocenters. The molecule has 1 aromatic heterocycles. The minimum Gasteiger partial charge on any atom is -0.493 e. The van der Waals surface area contributed by atoms with Crippen LogP contribution in [0.25, 0.3) is 0 Å². The van der Waals surface area contributed by atoms with Crippen molar-refractivity contribution in [1.29, 1.82) is 0 Å². The standard InChI is InChI=1S/C15H17NOS/c1-2-4-15-14(3-1)13(5-7-17-15)10-16-9-12-6-8-18-11-12/h1-4,6,8,11,13,16H,5,7,9-10H2. The number of para-hydroxylation sites is 1. The maximum Gasteiger partial charge on any atom is 0.122 e. The summed E-state index contributed by atoms with van der Waals surface area (Å²) < 4.78 is 5.68. The zero-order valence-electron chi connectivity index (χ0n) is 10.3. The van der Waals surface area contributed by atoms with Crippen molar-refractivity contribution in [3.63, 3.8) is 0 Å². The van der Waals surface area contributed by atoms with E-state index in [1.165, 1.54) is 11.1 Å². The fourth-order valence-corrected chi connectivity index (χ4v) is 3.08. The molecule has 0 amide bonds. The van der Waals surface area contributed by atoms with E-state index in [0.717, 1.165) is 31.9 Å². The second-order valence-corrected chi connectivity index (χ2v) is 5.41. The third-order valence-electron chi connectivity index (χ3n) is 3.38. The second kappa shape index (κ2) is 5.55. The topological polar surface area (TPSA) is 21.3 Å². The largest absolute Gasteiger partial charge is 0.493 e.